The van der Waals surface area contributed by atoms with Crippen molar-refractivity contribution in [3.05, 3.63) is 17.5 Å². The summed E-state index contributed by atoms with van der Waals surface area (Å²) in [6.07, 6.45) is -8.54. The zero-order chi connectivity index (χ0) is 13.2. The van der Waals surface area contributed by atoms with Gasteiger partial charge in [-0.1, -0.05) is 0 Å². The molecule has 17 heavy (non-hydrogen) atoms. The van der Waals surface area contributed by atoms with E-state index in [9.17, 15) is 26.7 Å². The van der Waals surface area contributed by atoms with Crippen molar-refractivity contribution in [1.82, 2.24) is 4.98 Å². The monoisotopic (exact) mass is 257 g/mol. The molecule has 0 radical (unpaired) electrons. The molecular formula is C8H4F5NO3. The molecule has 0 fully saturated rings. The molecular weight excluding hydrogens is 253 g/mol. The molecule has 1 rings (SSSR count). The highest BCUT2D eigenvalue weighted by Gasteiger charge is 2.33. The fraction of sp³-hybridized carbons (Fsp3) is 0.250. The van der Waals surface area contributed by atoms with Gasteiger partial charge in [0.05, 0.1) is 0 Å². The number of hydrogen-bond donors (Lipinski definition) is 1. The lowest BCUT2D eigenvalue weighted by Gasteiger charge is -2.12. The summed E-state index contributed by atoms with van der Waals surface area (Å²) in [7, 11) is 0. The predicted octanol–water partition coefficient (Wildman–Crippen LogP) is 2.44. The summed E-state index contributed by atoms with van der Waals surface area (Å²) in [5, 5.41) is 8.97. The van der Waals surface area contributed by atoms with Crippen LogP contribution in [0.5, 0.6) is 11.5 Å². The molecule has 94 valence electrons. The average Bonchev–Trinajstić information content (AvgIpc) is 2.14. The molecule has 0 aliphatic heterocycles. The molecule has 0 saturated carbocycles. The van der Waals surface area contributed by atoms with Crippen molar-refractivity contribution in [2.45, 2.75) is 12.8 Å². The number of carbonyl (C=O) groups is 1. The average molecular weight is 257 g/mol. The first-order valence-electron chi connectivity index (χ1n) is 3.97. The second-order valence-electron chi connectivity index (χ2n) is 2.74. The van der Waals surface area contributed by atoms with Gasteiger partial charge in [-0.2, -0.15) is 0 Å². The van der Waals surface area contributed by atoms with Crippen molar-refractivity contribution < 1.29 is 36.6 Å². The minimum absolute atomic E-state index is 0.188. The maximum absolute atomic E-state index is 12.2. The number of pyridine rings is 1. The van der Waals surface area contributed by atoms with Gasteiger partial charge in [0, 0.05) is 6.07 Å². The summed E-state index contributed by atoms with van der Waals surface area (Å²) < 4.78 is 63.3. The van der Waals surface area contributed by atoms with Gasteiger partial charge in [-0.3, -0.25) is 4.79 Å². The van der Waals surface area contributed by atoms with Crippen LogP contribution in [0, 0.1) is 0 Å². The van der Waals surface area contributed by atoms with E-state index in [1.165, 1.54) is 0 Å². The Kier molecular flexibility index (Phi) is 3.49. The standard InChI is InChI=1S/C8H4F5NO3/c9-7(10)6-4(16)1-5(3(2-15)14-6)17-8(11,12)13/h1-2,7,16H. The van der Waals surface area contributed by atoms with Crippen LogP contribution in [0.1, 0.15) is 22.6 Å². The largest absolute Gasteiger partial charge is 0.573 e. The summed E-state index contributed by atoms with van der Waals surface area (Å²) in [6, 6.07) is 0.256. The summed E-state index contributed by atoms with van der Waals surface area (Å²) in [6.45, 7) is 0. The highest BCUT2D eigenvalue weighted by atomic mass is 19.4. The van der Waals surface area contributed by atoms with E-state index >= 15 is 0 Å². The molecule has 0 aliphatic rings. The summed E-state index contributed by atoms with van der Waals surface area (Å²) in [5.74, 6) is -2.33. The first kappa shape index (κ1) is 13.1. The Labute approximate surface area is 90.6 Å². The Morgan fingerprint density at radius 3 is 2.41 bits per heavy atom. The third-order valence-corrected chi connectivity index (χ3v) is 1.57. The zero-order valence-corrected chi connectivity index (χ0v) is 7.83. The summed E-state index contributed by atoms with van der Waals surface area (Å²) in [4.78, 5) is 13.2. The topological polar surface area (TPSA) is 59.4 Å². The molecule has 0 unspecified atom stereocenters. The van der Waals surface area contributed by atoms with Gasteiger partial charge >= 0.3 is 6.36 Å². The maximum Gasteiger partial charge on any atom is 0.573 e. The number of aldehydes is 1. The van der Waals surface area contributed by atoms with Gasteiger partial charge < -0.3 is 9.84 Å². The molecule has 0 aliphatic carbocycles. The second-order valence-corrected chi connectivity index (χ2v) is 2.74. The SMILES string of the molecule is O=Cc1nc(C(F)F)c(O)cc1OC(F)(F)F. The molecule has 1 aromatic heterocycles. The molecule has 1 heterocycles. The molecule has 9 heteroatoms. The first-order valence-corrected chi connectivity index (χ1v) is 3.97. The van der Waals surface area contributed by atoms with Gasteiger partial charge in [0.15, 0.2) is 12.0 Å². The van der Waals surface area contributed by atoms with Gasteiger partial charge in [-0.25, -0.2) is 13.8 Å². The van der Waals surface area contributed by atoms with Crippen LogP contribution >= 0.6 is 0 Å². The number of alkyl halides is 5. The Bertz CT molecular complexity index is 432. The number of aromatic nitrogens is 1. The molecule has 0 bridgehead atoms. The third-order valence-electron chi connectivity index (χ3n) is 1.57. The first-order chi connectivity index (χ1) is 7.74. The van der Waals surface area contributed by atoms with Crippen molar-refractivity contribution in [2.75, 3.05) is 0 Å². The maximum atomic E-state index is 12.2. The molecule has 1 N–H and O–H groups in total. The molecule has 1 aromatic rings. The lowest BCUT2D eigenvalue weighted by Crippen LogP contribution is -2.18. The quantitative estimate of drug-likeness (QED) is 0.667. The van der Waals surface area contributed by atoms with Gasteiger partial charge in [-0.15, -0.1) is 13.2 Å². The van der Waals surface area contributed by atoms with E-state index < -0.39 is 35.7 Å². The second kappa shape index (κ2) is 4.52. The van der Waals surface area contributed by atoms with E-state index in [4.69, 9.17) is 5.11 Å². The molecule has 0 saturated heterocycles. The summed E-state index contributed by atoms with van der Waals surface area (Å²) in [5.41, 5.74) is -2.17. The lowest BCUT2D eigenvalue weighted by atomic mass is 10.2. The zero-order valence-electron chi connectivity index (χ0n) is 7.83. The Hall–Kier alpha value is -1.93. The van der Waals surface area contributed by atoms with Crippen molar-refractivity contribution in [3.63, 3.8) is 0 Å². The van der Waals surface area contributed by atoms with Crippen LogP contribution in [0.4, 0.5) is 22.0 Å². The number of aromatic hydroxyl groups is 1. The van der Waals surface area contributed by atoms with Crippen LogP contribution in [0.2, 0.25) is 0 Å². The van der Waals surface area contributed by atoms with E-state index in [1.807, 2.05) is 0 Å². The lowest BCUT2D eigenvalue weighted by molar-refractivity contribution is -0.274. The summed E-state index contributed by atoms with van der Waals surface area (Å²) >= 11 is 0. The molecule has 0 aromatic carbocycles. The van der Waals surface area contributed by atoms with Crippen LogP contribution in [-0.4, -0.2) is 22.7 Å². The van der Waals surface area contributed by atoms with Crippen molar-refractivity contribution in [3.8, 4) is 11.5 Å². The minimum Gasteiger partial charge on any atom is -0.506 e. The Morgan fingerprint density at radius 1 is 1.41 bits per heavy atom. The van der Waals surface area contributed by atoms with Gasteiger partial charge in [0.2, 0.25) is 0 Å². The van der Waals surface area contributed by atoms with Gasteiger partial charge in [0.1, 0.15) is 17.1 Å². The van der Waals surface area contributed by atoms with E-state index in [1.54, 1.807) is 0 Å². The van der Waals surface area contributed by atoms with Crippen LogP contribution in [0.25, 0.3) is 0 Å². The van der Waals surface area contributed by atoms with Crippen LogP contribution in [0.3, 0.4) is 0 Å². The number of carbonyl (C=O) groups excluding carboxylic acids is 1. The highest BCUT2D eigenvalue weighted by Crippen LogP contribution is 2.33. The van der Waals surface area contributed by atoms with E-state index in [2.05, 4.69) is 9.72 Å². The van der Waals surface area contributed by atoms with E-state index in [0.29, 0.717) is 0 Å². The smallest absolute Gasteiger partial charge is 0.506 e. The molecule has 0 spiro atoms. The number of nitrogens with zero attached hydrogens (tertiary/aromatic N) is 1. The molecule has 4 nitrogen and oxygen atoms in total. The number of ether oxygens (including phenoxy) is 1. The van der Waals surface area contributed by atoms with Crippen molar-refractivity contribution in [2.24, 2.45) is 0 Å². The van der Waals surface area contributed by atoms with E-state index in [-0.39, 0.29) is 12.4 Å². The minimum atomic E-state index is -5.13. The Balaban J connectivity index is 3.24. The third kappa shape index (κ3) is 3.26. The molecule has 0 atom stereocenters. The fourth-order valence-electron chi connectivity index (χ4n) is 0.966. The van der Waals surface area contributed by atoms with Gasteiger partial charge in [-0.05, 0) is 0 Å². The number of halogens is 5. The predicted molar refractivity (Wildman–Crippen MR) is 42.9 cm³/mol. The molecule has 0 amide bonds. The van der Waals surface area contributed by atoms with Crippen molar-refractivity contribution in [1.29, 1.82) is 0 Å². The van der Waals surface area contributed by atoms with E-state index in [0.717, 1.165) is 0 Å². The normalized spacial score (nSPS) is 11.6. The number of rotatable bonds is 3. The van der Waals surface area contributed by atoms with Crippen LogP contribution in [-0.2, 0) is 0 Å². The number of hydrogen-bond acceptors (Lipinski definition) is 4. The highest BCUT2D eigenvalue weighted by molar-refractivity contribution is 5.77. The van der Waals surface area contributed by atoms with Crippen molar-refractivity contribution >= 4 is 6.29 Å². The van der Waals surface area contributed by atoms with Crippen LogP contribution < -0.4 is 4.74 Å². The van der Waals surface area contributed by atoms with Crippen LogP contribution in [0.15, 0.2) is 6.07 Å². The van der Waals surface area contributed by atoms with Gasteiger partial charge in [0.25, 0.3) is 6.43 Å². The Morgan fingerprint density at radius 2 is 2.00 bits per heavy atom. The fourth-order valence-corrected chi connectivity index (χ4v) is 0.966.